The van der Waals surface area contributed by atoms with Gasteiger partial charge in [-0.3, -0.25) is 4.90 Å². The molecular weight excluding hydrogens is 380 g/mol. The fourth-order valence-electron chi connectivity index (χ4n) is 3.85. The van der Waals surface area contributed by atoms with Crippen LogP contribution in [0.15, 0.2) is 24.5 Å². The third-order valence-electron chi connectivity index (χ3n) is 4.92. The van der Waals surface area contributed by atoms with Gasteiger partial charge in [-0.1, -0.05) is 17.4 Å². The summed E-state index contributed by atoms with van der Waals surface area (Å²) in [6.07, 6.45) is 1.63. The van der Waals surface area contributed by atoms with Crippen molar-refractivity contribution in [3.8, 4) is 17.4 Å². The molecule has 1 aliphatic heterocycles. The van der Waals surface area contributed by atoms with E-state index in [1.54, 1.807) is 14.2 Å². The van der Waals surface area contributed by atoms with Gasteiger partial charge in [-0.2, -0.15) is 9.61 Å². The van der Waals surface area contributed by atoms with Crippen LogP contribution >= 0.6 is 11.3 Å². The highest BCUT2D eigenvalue weighted by Crippen LogP contribution is 2.42. The summed E-state index contributed by atoms with van der Waals surface area (Å²) in [5.41, 5.74) is 0.999. The molecule has 9 heteroatoms. The summed E-state index contributed by atoms with van der Waals surface area (Å²) >= 11 is 1.44. The fraction of sp³-hybridized carbons (Fsp3) is 0.474. The number of morpholine rings is 1. The van der Waals surface area contributed by atoms with Crippen molar-refractivity contribution >= 4 is 16.3 Å². The van der Waals surface area contributed by atoms with Crippen LogP contribution < -0.4 is 9.47 Å². The van der Waals surface area contributed by atoms with Gasteiger partial charge in [-0.25, -0.2) is 4.98 Å². The van der Waals surface area contributed by atoms with Crippen LogP contribution in [0.2, 0.25) is 0 Å². The van der Waals surface area contributed by atoms with E-state index >= 15 is 0 Å². The fourth-order valence-corrected chi connectivity index (χ4v) is 4.94. The van der Waals surface area contributed by atoms with Crippen LogP contribution in [0.25, 0.3) is 4.96 Å². The van der Waals surface area contributed by atoms with E-state index in [4.69, 9.17) is 14.2 Å². The van der Waals surface area contributed by atoms with E-state index < -0.39 is 0 Å². The normalized spacial score (nSPS) is 21.7. The summed E-state index contributed by atoms with van der Waals surface area (Å²) in [7, 11) is 3.24. The quantitative estimate of drug-likeness (QED) is 0.700. The molecule has 2 aromatic heterocycles. The summed E-state index contributed by atoms with van der Waals surface area (Å²) < 4.78 is 18.3. The van der Waals surface area contributed by atoms with E-state index in [1.165, 1.54) is 22.2 Å². The SMILES string of the molecule is COc1ccc([C@@H](c2sc3ncnn3c2O)N2C[C@H](C)O[C@@H](C)C2)cc1OC. The Kier molecular flexibility index (Phi) is 5.13. The molecule has 3 atom stereocenters. The lowest BCUT2D eigenvalue weighted by Gasteiger charge is -2.40. The lowest BCUT2D eigenvalue weighted by Crippen LogP contribution is -2.47. The molecule has 0 radical (unpaired) electrons. The Bertz CT molecular complexity index is 962. The molecule has 8 nitrogen and oxygen atoms in total. The third kappa shape index (κ3) is 3.30. The van der Waals surface area contributed by atoms with Gasteiger partial charge in [-0.15, -0.1) is 0 Å². The molecule has 0 saturated carbocycles. The van der Waals surface area contributed by atoms with E-state index in [9.17, 15) is 5.11 Å². The molecule has 3 aromatic rings. The Morgan fingerprint density at radius 3 is 2.54 bits per heavy atom. The zero-order chi connectivity index (χ0) is 19.8. The molecule has 1 saturated heterocycles. The second-order valence-electron chi connectivity index (χ2n) is 6.97. The molecule has 1 N–H and O–H groups in total. The molecule has 1 aromatic carbocycles. The number of rotatable bonds is 5. The number of fused-ring (bicyclic) bond motifs is 1. The average Bonchev–Trinajstić information content (AvgIpc) is 3.25. The number of hydrogen-bond donors (Lipinski definition) is 1. The Morgan fingerprint density at radius 2 is 1.89 bits per heavy atom. The van der Waals surface area contributed by atoms with Crippen LogP contribution in [0.3, 0.4) is 0 Å². The molecule has 3 heterocycles. The maximum atomic E-state index is 10.9. The molecule has 0 unspecified atom stereocenters. The van der Waals surface area contributed by atoms with Gasteiger partial charge in [0.1, 0.15) is 6.33 Å². The van der Waals surface area contributed by atoms with Crippen molar-refractivity contribution in [1.29, 1.82) is 0 Å². The van der Waals surface area contributed by atoms with Crippen molar-refractivity contribution < 1.29 is 19.3 Å². The van der Waals surface area contributed by atoms with Gasteiger partial charge in [0, 0.05) is 13.1 Å². The minimum absolute atomic E-state index is 0.0932. The van der Waals surface area contributed by atoms with Crippen molar-refractivity contribution in [1.82, 2.24) is 19.5 Å². The summed E-state index contributed by atoms with van der Waals surface area (Å²) in [5.74, 6) is 1.43. The van der Waals surface area contributed by atoms with E-state index in [0.717, 1.165) is 23.5 Å². The lowest BCUT2D eigenvalue weighted by atomic mass is 10.0. The number of methoxy groups -OCH3 is 2. The van der Waals surface area contributed by atoms with Gasteiger partial charge in [0.25, 0.3) is 0 Å². The summed E-state index contributed by atoms with van der Waals surface area (Å²) in [5, 5.41) is 15.0. The zero-order valence-corrected chi connectivity index (χ0v) is 17.1. The number of hydrogen-bond acceptors (Lipinski definition) is 8. The number of aromatic hydroxyl groups is 1. The van der Waals surface area contributed by atoms with Gasteiger partial charge in [0.15, 0.2) is 11.5 Å². The maximum absolute atomic E-state index is 10.9. The van der Waals surface area contributed by atoms with Crippen molar-refractivity contribution in [2.24, 2.45) is 0 Å². The molecule has 0 aliphatic carbocycles. The third-order valence-corrected chi connectivity index (χ3v) is 6.01. The first-order valence-corrected chi connectivity index (χ1v) is 9.96. The van der Waals surface area contributed by atoms with Gasteiger partial charge in [0.05, 0.1) is 37.3 Å². The first kappa shape index (κ1) is 19.0. The van der Waals surface area contributed by atoms with Gasteiger partial charge in [-0.05, 0) is 31.5 Å². The summed E-state index contributed by atoms with van der Waals surface area (Å²) in [6, 6.07) is 5.68. The lowest BCUT2D eigenvalue weighted by molar-refractivity contribution is -0.0764. The smallest absolute Gasteiger partial charge is 0.230 e. The van der Waals surface area contributed by atoms with E-state index in [1.807, 2.05) is 18.2 Å². The highest BCUT2D eigenvalue weighted by Gasteiger charge is 2.34. The second kappa shape index (κ2) is 7.57. The topological polar surface area (TPSA) is 81.4 Å². The highest BCUT2D eigenvalue weighted by atomic mass is 32.1. The van der Waals surface area contributed by atoms with Gasteiger partial charge >= 0.3 is 0 Å². The van der Waals surface area contributed by atoms with E-state index in [-0.39, 0.29) is 24.1 Å². The second-order valence-corrected chi connectivity index (χ2v) is 7.98. The minimum Gasteiger partial charge on any atom is -0.493 e. The summed E-state index contributed by atoms with van der Waals surface area (Å²) in [6.45, 7) is 5.63. The molecule has 0 spiro atoms. The molecule has 28 heavy (non-hydrogen) atoms. The van der Waals surface area contributed by atoms with Crippen LogP contribution in [0.4, 0.5) is 0 Å². The Hall–Kier alpha value is -2.36. The Balaban J connectivity index is 1.84. The van der Waals surface area contributed by atoms with Crippen LogP contribution in [-0.2, 0) is 4.74 Å². The number of benzene rings is 1. The predicted octanol–water partition coefficient (Wildman–Crippen LogP) is 2.71. The van der Waals surface area contributed by atoms with Crippen LogP contribution in [0.5, 0.6) is 17.4 Å². The van der Waals surface area contributed by atoms with Crippen LogP contribution in [0.1, 0.15) is 30.3 Å². The molecule has 1 aliphatic rings. The molecule has 1 fully saturated rings. The first-order chi connectivity index (χ1) is 13.5. The Labute approximate surface area is 167 Å². The van der Waals surface area contributed by atoms with Crippen molar-refractivity contribution in [3.63, 3.8) is 0 Å². The average molecular weight is 404 g/mol. The predicted molar refractivity (Wildman–Crippen MR) is 105 cm³/mol. The van der Waals surface area contributed by atoms with Gasteiger partial charge < -0.3 is 19.3 Å². The number of thiazole rings is 1. The number of nitrogens with zero attached hydrogens (tertiary/aromatic N) is 4. The van der Waals surface area contributed by atoms with E-state index in [2.05, 4.69) is 28.8 Å². The van der Waals surface area contributed by atoms with E-state index in [0.29, 0.717) is 16.5 Å². The number of ether oxygens (including phenoxy) is 3. The van der Waals surface area contributed by atoms with Crippen molar-refractivity contribution in [2.45, 2.75) is 32.1 Å². The molecule has 4 rings (SSSR count). The first-order valence-electron chi connectivity index (χ1n) is 9.14. The minimum atomic E-state index is -0.179. The Morgan fingerprint density at radius 1 is 1.18 bits per heavy atom. The monoisotopic (exact) mass is 404 g/mol. The standard InChI is InChI=1S/C19H24N4O4S/c1-11-8-22(9-12(2)27-11)16(13-5-6-14(25-3)15(7-13)26-4)17-18(24)23-19(28-17)20-10-21-23/h5-7,10-12,16,24H,8-9H2,1-4H3/t11-,12-,16-/m0/s1. The highest BCUT2D eigenvalue weighted by molar-refractivity contribution is 7.17. The molecule has 0 amide bonds. The van der Waals surface area contributed by atoms with Gasteiger partial charge in [0.2, 0.25) is 10.8 Å². The van der Waals surface area contributed by atoms with Crippen LogP contribution in [-0.4, -0.2) is 64.1 Å². The molecule has 150 valence electrons. The largest absolute Gasteiger partial charge is 0.493 e. The van der Waals surface area contributed by atoms with Crippen molar-refractivity contribution in [2.75, 3.05) is 27.3 Å². The number of aromatic nitrogens is 3. The maximum Gasteiger partial charge on any atom is 0.230 e. The van der Waals surface area contributed by atoms with Crippen molar-refractivity contribution in [3.05, 3.63) is 35.0 Å². The summed E-state index contributed by atoms with van der Waals surface area (Å²) in [4.78, 5) is 8.01. The molecule has 0 bridgehead atoms. The van der Waals surface area contributed by atoms with Crippen LogP contribution in [0, 0.1) is 0 Å². The zero-order valence-electron chi connectivity index (χ0n) is 16.3. The molecular formula is C19H24N4O4S.